The van der Waals surface area contributed by atoms with Gasteiger partial charge in [-0.1, -0.05) is 40.0 Å². The molecule has 0 aromatic carbocycles. The van der Waals surface area contributed by atoms with Crippen LogP contribution in [0.5, 0.6) is 0 Å². The third kappa shape index (κ3) is 9.33. The maximum Gasteiger partial charge on any atom is 0.315 e. The van der Waals surface area contributed by atoms with Crippen LogP contribution in [0.4, 0.5) is 4.79 Å². The first-order chi connectivity index (χ1) is 8.86. The highest BCUT2D eigenvalue weighted by molar-refractivity contribution is 5.76. The van der Waals surface area contributed by atoms with Crippen molar-refractivity contribution in [1.82, 2.24) is 10.6 Å². The largest absolute Gasteiger partial charge is 0.481 e. The van der Waals surface area contributed by atoms with Crippen LogP contribution in [0, 0.1) is 5.92 Å². The van der Waals surface area contributed by atoms with Gasteiger partial charge in [-0.2, -0.15) is 0 Å². The lowest BCUT2D eigenvalue weighted by Gasteiger charge is -2.22. The van der Waals surface area contributed by atoms with E-state index >= 15 is 0 Å². The summed E-state index contributed by atoms with van der Waals surface area (Å²) in [4.78, 5) is 22.5. The van der Waals surface area contributed by atoms with Gasteiger partial charge < -0.3 is 15.7 Å². The van der Waals surface area contributed by atoms with Gasteiger partial charge in [-0.25, -0.2) is 4.79 Å². The van der Waals surface area contributed by atoms with Gasteiger partial charge in [0.2, 0.25) is 0 Å². The summed E-state index contributed by atoms with van der Waals surface area (Å²) in [7, 11) is 0. The Balaban J connectivity index is 4.07. The number of rotatable bonds is 9. The molecule has 0 aliphatic heterocycles. The van der Waals surface area contributed by atoms with Gasteiger partial charge in [0, 0.05) is 12.1 Å². The van der Waals surface area contributed by atoms with E-state index in [1.54, 1.807) is 0 Å². The fraction of sp³-hybridized carbons (Fsp3) is 0.857. The second-order valence-corrected chi connectivity index (χ2v) is 5.46. The van der Waals surface area contributed by atoms with Gasteiger partial charge in [0.1, 0.15) is 0 Å². The van der Waals surface area contributed by atoms with Crippen LogP contribution >= 0.6 is 0 Å². The molecule has 0 aliphatic rings. The molecule has 0 saturated carbocycles. The zero-order valence-electron chi connectivity index (χ0n) is 12.5. The molecule has 0 bridgehead atoms. The molecule has 0 fully saturated rings. The lowest BCUT2D eigenvalue weighted by Crippen LogP contribution is -2.47. The number of hydrogen-bond donors (Lipinski definition) is 3. The van der Waals surface area contributed by atoms with E-state index in [1.165, 1.54) is 6.42 Å². The molecule has 2 unspecified atom stereocenters. The molecular weight excluding hydrogens is 244 g/mol. The topological polar surface area (TPSA) is 78.4 Å². The maximum absolute atomic E-state index is 11.8. The number of carbonyl (C=O) groups is 2. The van der Waals surface area contributed by atoms with Crippen molar-refractivity contribution >= 4 is 12.0 Å². The van der Waals surface area contributed by atoms with E-state index in [1.807, 2.05) is 20.8 Å². The van der Waals surface area contributed by atoms with Crippen molar-refractivity contribution in [3.05, 3.63) is 0 Å². The highest BCUT2D eigenvalue weighted by atomic mass is 16.4. The molecule has 5 nitrogen and oxygen atoms in total. The van der Waals surface area contributed by atoms with Crippen molar-refractivity contribution in [1.29, 1.82) is 0 Å². The van der Waals surface area contributed by atoms with Gasteiger partial charge >= 0.3 is 12.0 Å². The lowest BCUT2D eigenvalue weighted by molar-refractivity contribution is -0.137. The Hall–Kier alpha value is -1.26. The fourth-order valence-electron chi connectivity index (χ4n) is 1.85. The smallest absolute Gasteiger partial charge is 0.315 e. The first-order valence-corrected chi connectivity index (χ1v) is 7.15. The molecule has 0 rings (SSSR count). The summed E-state index contributed by atoms with van der Waals surface area (Å²) in [6.07, 6.45) is 4.33. The van der Waals surface area contributed by atoms with Crippen molar-refractivity contribution in [2.75, 3.05) is 0 Å². The molecule has 19 heavy (non-hydrogen) atoms. The summed E-state index contributed by atoms with van der Waals surface area (Å²) in [5.74, 6) is -0.799. The zero-order valence-corrected chi connectivity index (χ0v) is 12.5. The van der Waals surface area contributed by atoms with Crippen LogP contribution in [0.2, 0.25) is 0 Å². The van der Waals surface area contributed by atoms with E-state index < -0.39 is 5.97 Å². The molecule has 0 aromatic heterocycles. The minimum absolute atomic E-state index is 0.0463. The Kier molecular flexibility index (Phi) is 9.00. The van der Waals surface area contributed by atoms with Crippen molar-refractivity contribution in [2.45, 2.75) is 71.9 Å². The van der Waals surface area contributed by atoms with Crippen LogP contribution in [-0.2, 0) is 4.79 Å². The van der Waals surface area contributed by atoms with Gasteiger partial charge in [0.25, 0.3) is 0 Å². The average molecular weight is 272 g/mol. The van der Waals surface area contributed by atoms with Crippen molar-refractivity contribution in [3.63, 3.8) is 0 Å². The van der Waals surface area contributed by atoms with Crippen molar-refractivity contribution in [2.24, 2.45) is 5.92 Å². The Labute approximate surface area is 116 Å². The summed E-state index contributed by atoms with van der Waals surface area (Å²) in [6.45, 7) is 7.91. The van der Waals surface area contributed by atoms with Crippen LogP contribution in [0.1, 0.15) is 59.8 Å². The Morgan fingerprint density at radius 2 is 1.74 bits per heavy atom. The molecule has 0 saturated heterocycles. The monoisotopic (exact) mass is 272 g/mol. The van der Waals surface area contributed by atoms with Crippen molar-refractivity contribution < 1.29 is 14.7 Å². The molecule has 112 valence electrons. The van der Waals surface area contributed by atoms with Gasteiger partial charge in [0.05, 0.1) is 6.42 Å². The van der Waals surface area contributed by atoms with Crippen LogP contribution in [0.25, 0.3) is 0 Å². The van der Waals surface area contributed by atoms with Crippen LogP contribution in [-0.4, -0.2) is 29.2 Å². The molecular formula is C14H28N2O3. The van der Waals surface area contributed by atoms with E-state index in [4.69, 9.17) is 5.11 Å². The molecule has 0 spiro atoms. The van der Waals surface area contributed by atoms with Gasteiger partial charge in [-0.05, 0) is 19.3 Å². The van der Waals surface area contributed by atoms with Crippen LogP contribution in [0.3, 0.4) is 0 Å². The minimum atomic E-state index is -0.894. The molecule has 5 heteroatoms. The van der Waals surface area contributed by atoms with E-state index in [9.17, 15) is 9.59 Å². The van der Waals surface area contributed by atoms with Gasteiger partial charge in [-0.3, -0.25) is 4.79 Å². The number of urea groups is 1. The highest BCUT2D eigenvalue weighted by Gasteiger charge is 2.19. The average Bonchev–Trinajstić information content (AvgIpc) is 2.27. The highest BCUT2D eigenvalue weighted by Crippen LogP contribution is 2.07. The number of carboxylic acids is 1. The first-order valence-electron chi connectivity index (χ1n) is 7.15. The van der Waals surface area contributed by atoms with E-state index in [0.717, 1.165) is 19.3 Å². The third-order valence-corrected chi connectivity index (χ3v) is 3.13. The summed E-state index contributed by atoms with van der Waals surface area (Å²) in [5, 5.41) is 14.4. The lowest BCUT2D eigenvalue weighted by atomic mass is 10.0. The second kappa shape index (κ2) is 9.64. The van der Waals surface area contributed by atoms with Crippen molar-refractivity contribution in [3.8, 4) is 0 Å². The SMILES string of the molecule is CCCCCC(C)NC(=O)NC(CC(=O)O)C(C)C. The summed E-state index contributed by atoms with van der Waals surface area (Å²) < 4.78 is 0. The third-order valence-electron chi connectivity index (χ3n) is 3.13. The predicted octanol–water partition coefficient (Wildman–Crippen LogP) is 2.75. The number of unbranched alkanes of at least 4 members (excludes halogenated alkanes) is 2. The Bertz CT molecular complexity index is 280. The molecule has 2 amide bonds. The van der Waals surface area contributed by atoms with E-state index in [2.05, 4.69) is 17.6 Å². The van der Waals surface area contributed by atoms with Gasteiger partial charge in [-0.15, -0.1) is 0 Å². The number of hydrogen-bond acceptors (Lipinski definition) is 2. The molecule has 3 N–H and O–H groups in total. The predicted molar refractivity (Wildman–Crippen MR) is 76.2 cm³/mol. The zero-order chi connectivity index (χ0) is 14.8. The standard InChI is InChI=1S/C14H28N2O3/c1-5-6-7-8-11(4)15-14(19)16-12(10(2)3)9-13(17)18/h10-12H,5-9H2,1-4H3,(H,17,18)(H2,15,16,19). The maximum atomic E-state index is 11.8. The second-order valence-electron chi connectivity index (χ2n) is 5.46. The summed E-state index contributed by atoms with van der Waals surface area (Å²) in [6, 6.07) is -0.492. The van der Waals surface area contributed by atoms with Crippen LogP contribution in [0.15, 0.2) is 0 Å². The Morgan fingerprint density at radius 1 is 1.11 bits per heavy atom. The quantitative estimate of drug-likeness (QED) is 0.565. The molecule has 0 aromatic rings. The summed E-state index contributed by atoms with van der Waals surface area (Å²) >= 11 is 0. The molecule has 0 radical (unpaired) electrons. The summed E-state index contributed by atoms with van der Waals surface area (Å²) in [5.41, 5.74) is 0. The minimum Gasteiger partial charge on any atom is -0.481 e. The fourth-order valence-corrected chi connectivity index (χ4v) is 1.85. The molecule has 2 atom stereocenters. The van der Waals surface area contributed by atoms with E-state index in [0.29, 0.717) is 0 Å². The van der Waals surface area contributed by atoms with Gasteiger partial charge in [0.15, 0.2) is 0 Å². The molecule has 0 heterocycles. The first kappa shape index (κ1) is 17.7. The number of carboxylic acid groups (broad SMARTS) is 1. The Morgan fingerprint density at radius 3 is 2.21 bits per heavy atom. The number of carbonyl (C=O) groups excluding carboxylic acids is 1. The number of aliphatic carboxylic acids is 1. The van der Waals surface area contributed by atoms with Crippen LogP contribution < -0.4 is 10.6 Å². The van der Waals surface area contributed by atoms with E-state index in [-0.39, 0.29) is 30.5 Å². The normalized spacial score (nSPS) is 13.9. The number of nitrogens with one attached hydrogen (secondary N) is 2. The molecule has 0 aliphatic carbocycles. The number of amides is 2.